The monoisotopic (exact) mass is 357 g/mol. The molecule has 0 aromatic heterocycles. The number of piperidine rings is 1. The maximum atomic E-state index is 12.5. The lowest BCUT2D eigenvalue weighted by Crippen LogP contribution is -2.44. The first-order valence-electron chi connectivity index (χ1n) is 8.93. The second-order valence-electron chi connectivity index (χ2n) is 7.79. The van der Waals surface area contributed by atoms with Crippen LogP contribution in [-0.4, -0.2) is 54.1 Å². The molecule has 0 atom stereocenters. The van der Waals surface area contributed by atoms with E-state index in [1.54, 1.807) is 41.1 Å². The Morgan fingerprint density at radius 2 is 1.96 bits per heavy atom. The Labute approximate surface area is 155 Å². The summed E-state index contributed by atoms with van der Waals surface area (Å²) in [5.74, 6) is 0.262. The first-order chi connectivity index (χ1) is 12.2. The lowest BCUT2D eigenvalue weighted by atomic mass is 9.96. The first-order valence-corrected chi connectivity index (χ1v) is 8.93. The van der Waals surface area contributed by atoms with E-state index in [1.165, 1.54) is 0 Å². The molecule has 1 aliphatic rings. The normalized spacial score (nSPS) is 15.3. The third-order valence-corrected chi connectivity index (χ3v) is 4.38. The van der Waals surface area contributed by atoms with E-state index in [1.807, 2.05) is 20.8 Å². The van der Waals surface area contributed by atoms with E-state index in [2.05, 4.69) is 6.07 Å². The van der Waals surface area contributed by atoms with Crippen LogP contribution in [0.15, 0.2) is 24.3 Å². The average molecular weight is 357 g/mol. The van der Waals surface area contributed by atoms with Crippen molar-refractivity contribution in [1.82, 2.24) is 9.80 Å². The van der Waals surface area contributed by atoms with Crippen molar-refractivity contribution in [1.29, 1.82) is 5.26 Å². The third-order valence-electron chi connectivity index (χ3n) is 4.38. The van der Waals surface area contributed by atoms with E-state index in [4.69, 9.17) is 10.00 Å². The van der Waals surface area contributed by atoms with Crippen molar-refractivity contribution in [2.45, 2.75) is 39.2 Å². The maximum absolute atomic E-state index is 12.5. The van der Waals surface area contributed by atoms with Gasteiger partial charge in [0.05, 0.1) is 11.6 Å². The number of hydrogen-bond donors (Lipinski definition) is 0. The summed E-state index contributed by atoms with van der Waals surface area (Å²) in [7, 11) is 1.78. The van der Waals surface area contributed by atoms with E-state index < -0.39 is 5.60 Å². The number of nitrogens with zero attached hydrogens (tertiary/aromatic N) is 3. The van der Waals surface area contributed by atoms with Crippen LogP contribution < -0.4 is 0 Å². The van der Waals surface area contributed by atoms with Crippen LogP contribution in [0.3, 0.4) is 0 Å². The van der Waals surface area contributed by atoms with Gasteiger partial charge in [0.2, 0.25) is 0 Å². The molecule has 6 nitrogen and oxygen atoms in total. The summed E-state index contributed by atoms with van der Waals surface area (Å²) < 4.78 is 5.41. The number of amides is 2. The van der Waals surface area contributed by atoms with Crippen molar-refractivity contribution >= 4 is 12.0 Å². The van der Waals surface area contributed by atoms with Gasteiger partial charge in [-0.3, -0.25) is 4.79 Å². The molecule has 1 saturated heterocycles. The smallest absolute Gasteiger partial charge is 0.410 e. The van der Waals surface area contributed by atoms with Gasteiger partial charge in [0.1, 0.15) is 5.60 Å². The number of rotatable bonds is 3. The molecule has 0 unspecified atom stereocenters. The number of hydrogen-bond acceptors (Lipinski definition) is 4. The van der Waals surface area contributed by atoms with Gasteiger partial charge in [-0.1, -0.05) is 6.07 Å². The molecule has 1 aromatic carbocycles. The molecule has 140 valence electrons. The molecular weight excluding hydrogens is 330 g/mol. The molecule has 1 aliphatic heterocycles. The van der Waals surface area contributed by atoms with Gasteiger partial charge in [0, 0.05) is 32.2 Å². The Balaban J connectivity index is 1.86. The Morgan fingerprint density at radius 3 is 2.54 bits per heavy atom. The molecule has 2 rings (SSSR count). The highest BCUT2D eigenvalue weighted by Crippen LogP contribution is 2.21. The number of likely N-dealkylation sites (tertiary alicyclic amines) is 1. The van der Waals surface area contributed by atoms with Gasteiger partial charge < -0.3 is 14.5 Å². The van der Waals surface area contributed by atoms with Crippen LogP contribution in [0.4, 0.5) is 4.79 Å². The topological polar surface area (TPSA) is 73.6 Å². The molecule has 0 radical (unpaired) electrons. The largest absolute Gasteiger partial charge is 0.444 e. The van der Waals surface area contributed by atoms with Gasteiger partial charge >= 0.3 is 6.09 Å². The van der Waals surface area contributed by atoms with Gasteiger partial charge in [-0.2, -0.15) is 5.26 Å². The summed E-state index contributed by atoms with van der Waals surface area (Å²) in [5.41, 5.74) is 0.520. The zero-order valence-corrected chi connectivity index (χ0v) is 16.0. The van der Waals surface area contributed by atoms with E-state index in [0.29, 0.717) is 36.7 Å². The molecule has 2 amide bonds. The maximum Gasteiger partial charge on any atom is 0.410 e. The van der Waals surface area contributed by atoms with Crippen molar-refractivity contribution in [2.24, 2.45) is 5.92 Å². The van der Waals surface area contributed by atoms with Gasteiger partial charge in [0.15, 0.2) is 0 Å². The van der Waals surface area contributed by atoms with Crippen LogP contribution in [0.2, 0.25) is 0 Å². The van der Waals surface area contributed by atoms with Crippen LogP contribution in [0.25, 0.3) is 0 Å². The Kier molecular flexibility index (Phi) is 6.25. The zero-order valence-electron chi connectivity index (χ0n) is 16.0. The minimum Gasteiger partial charge on any atom is -0.444 e. The molecular formula is C20H27N3O3. The minimum atomic E-state index is -0.488. The average Bonchev–Trinajstić information content (AvgIpc) is 2.60. The summed E-state index contributed by atoms with van der Waals surface area (Å²) in [6, 6.07) is 8.80. The molecule has 0 spiro atoms. The molecule has 1 fully saturated rings. The van der Waals surface area contributed by atoms with Crippen LogP contribution in [0.5, 0.6) is 0 Å². The summed E-state index contributed by atoms with van der Waals surface area (Å²) >= 11 is 0. The molecule has 26 heavy (non-hydrogen) atoms. The number of nitriles is 1. The van der Waals surface area contributed by atoms with E-state index in [-0.39, 0.29) is 12.0 Å². The highest BCUT2D eigenvalue weighted by Gasteiger charge is 2.28. The summed E-state index contributed by atoms with van der Waals surface area (Å²) in [6.45, 7) is 7.51. The predicted molar refractivity (Wildman–Crippen MR) is 98.6 cm³/mol. The first kappa shape index (κ1) is 19.8. The molecule has 0 aliphatic carbocycles. The van der Waals surface area contributed by atoms with Crippen molar-refractivity contribution in [2.75, 3.05) is 26.7 Å². The van der Waals surface area contributed by atoms with Gasteiger partial charge in [0.25, 0.3) is 5.91 Å². The molecule has 0 bridgehead atoms. The van der Waals surface area contributed by atoms with Crippen LogP contribution in [0, 0.1) is 17.2 Å². The van der Waals surface area contributed by atoms with Crippen LogP contribution >= 0.6 is 0 Å². The van der Waals surface area contributed by atoms with Gasteiger partial charge in [-0.05, 0) is 57.7 Å². The standard InChI is InChI=1S/C20H27N3O3/c1-20(2,3)26-19(25)23-10-8-15(9-11-23)14-22(4)18(24)17-7-5-6-16(12-17)13-21/h5-7,12,15H,8-11,14H2,1-4H3. The van der Waals surface area contributed by atoms with Crippen molar-refractivity contribution in [3.63, 3.8) is 0 Å². The fraction of sp³-hybridized carbons (Fsp3) is 0.550. The molecule has 1 heterocycles. The van der Waals surface area contributed by atoms with Crippen LogP contribution in [-0.2, 0) is 4.74 Å². The number of carbonyl (C=O) groups excluding carboxylic acids is 2. The molecule has 6 heteroatoms. The summed E-state index contributed by atoms with van der Waals surface area (Å²) in [4.78, 5) is 28.1. The van der Waals surface area contributed by atoms with E-state index in [9.17, 15) is 9.59 Å². The highest BCUT2D eigenvalue weighted by molar-refractivity contribution is 5.94. The van der Waals surface area contributed by atoms with Crippen molar-refractivity contribution in [3.05, 3.63) is 35.4 Å². The minimum absolute atomic E-state index is 0.0864. The van der Waals surface area contributed by atoms with E-state index >= 15 is 0 Å². The molecule has 0 N–H and O–H groups in total. The van der Waals surface area contributed by atoms with Gasteiger partial charge in [-0.15, -0.1) is 0 Å². The van der Waals surface area contributed by atoms with Crippen molar-refractivity contribution < 1.29 is 14.3 Å². The Morgan fingerprint density at radius 1 is 1.31 bits per heavy atom. The molecule has 0 saturated carbocycles. The zero-order chi connectivity index (χ0) is 19.3. The quantitative estimate of drug-likeness (QED) is 0.832. The summed E-state index contributed by atoms with van der Waals surface area (Å²) in [6.07, 6.45) is 1.41. The SMILES string of the molecule is CN(CC1CCN(C(=O)OC(C)(C)C)CC1)C(=O)c1cccc(C#N)c1. The van der Waals surface area contributed by atoms with E-state index in [0.717, 1.165) is 12.8 Å². The number of benzene rings is 1. The number of carbonyl (C=O) groups is 2. The lowest BCUT2D eigenvalue weighted by molar-refractivity contribution is 0.0171. The highest BCUT2D eigenvalue weighted by atomic mass is 16.6. The molecule has 1 aromatic rings. The van der Waals surface area contributed by atoms with Crippen LogP contribution in [0.1, 0.15) is 49.5 Å². The third kappa shape index (κ3) is 5.48. The Hall–Kier alpha value is -2.55. The fourth-order valence-corrected chi connectivity index (χ4v) is 3.04. The second-order valence-corrected chi connectivity index (χ2v) is 7.79. The second kappa shape index (κ2) is 8.22. The predicted octanol–water partition coefficient (Wildman–Crippen LogP) is 3.28. The summed E-state index contributed by atoms with van der Waals surface area (Å²) in [5, 5.41) is 8.97. The number of ether oxygens (including phenoxy) is 1. The fourth-order valence-electron chi connectivity index (χ4n) is 3.04. The Bertz CT molecular complexity index is 695. The van der Waals surface area contributed by atoms with Gasteiger partial charge in [-0.25, -0.2) is 4.79 Å². The lowest BCUT2D eigenvalue weighted by Gasteiger charge is -2.34. The van der Waals surface area contributed by atoms with Crippen molar-refractivity contribution in [3.8, 4) is 6.07 Å².